The quantitative estimate of drug-likeness (QED) is 0.0900. The van der Waals surface area contributed by atoms with Gasteiger partial charge >= 0.3 is 18.1 Å². The molecule has 316 valence electrons. The van der Waals surface area contributed by atoms with E-state index in [0.717, 1.165) is 48.4 Å². The summed E-state index contributed by atoms with van der Waals surface area (Å²) in [6.45, 7) is 9.14. The third-order valence-electron chi connectivity index (χ3n) is 11.9. The van der Waals surface area contributed by atoms with Crippen molar-refractivity contribution in [2.24, 2.45) is 0 Å². The van der Waals surface area contributed by atoms with E-state index < -0.39 is 11.4 Å². The lowest BCUT2D eigenvalue weighted by Gasteiger charge is -2.42. The highest BCUT2D eigenvalue weighted by atomic mass is 19.1. The van der Waals surface area contributed by atoms with E-state index in [1.807, 2.05) is 75.2 Å². The summed E-state index contributed by atoms with van der Waals surface area (Å²) in [5.74, 6) is 0.0554. The summed E-state index contributed by atoms with van der Waals surface area (Å²) in [6, 6.07) is 18.5. The van der Waals surface area contributed by atoms with Gasteiger partial charge in [-0.2, -0.15) is 9.97 Å². The maximum Gasteiger partial charge on any atom is 0.410 e. The van der Waals surface area contributed by atoms with Crippen molar-refractivity contribution in [3.8, 4) is 23.0 Å². The summed E-state index contributed by atoms with van der Waals surface area (Å²) in [4.78, 5) is 46.6. The number of rotatable bonds is 12. The molecule has 14 heteroatoms. The number of likely N-dealkylation sites (tertiary alicyclic amines) is 1. The molecule has 3 aliphatic rings. The first-order chi connectivity index (χ1) is 28.9. The van der Waals surface area contributed by atoms with Gasteiger partial charge in [0.05, 0.1) is 23.0 Å². The molecule has 0 saturated carbocycles. The van der Waals surface area contributed by atoms with E-state index >= 15 is 4.39 Å². The van der Waals surface area contributed by atoms with Gasteiger partial charge in [0.15, 0.2) is 12.6 Å². The molecule has 2 unspecified atom stereocenters. The molecule has 3 saturated heterocycles. The lowest BCUT2D eigenvalue weighted by molar-refractivity contribution is 0.0122. The Kier molecular flexibility index (Phi) is 11.8. The fourth-order valence-corrected chi connectivity index (χ4v) is 8.87. The molecule has 0 radical (unpaired) electrons. The number of methoxy groups -OCH3 is 1. The van der Waals surface area contributed by atoms with Crippen molar-refractivity contribution in [1.82, 2.24) is 24.8 Å². The molecule has 60 heavy (non-hydrogen) atoms. The van der Waals surface area contributed by atoms with Crippen molar-refractivity contribution in [2.45, 2.75) is 89.6 Å². The molecule has 5 aromatic rings. The van der Waals surface area contributed by atoms with Crippen LogP contribution < -0.4 is 14.4 Å². The van der Waals surface area contributed by atoms with Gasteiger partial charge in [0.25, 0.3) is 0 Å². The Hall–Kier alpha value is -5.60. The molecule has 2 aromatic heterocycles. The largest absolute Gasteiger partial charge is 0.468 e. The normalized spacial score (nSPS) is 20.5. The van der Waals surface area contributed by atoms with E-state index in [4.69, 9.17) is 38.6 Å². The predicted octanol–water partition coefficient (Wildman–Crippen LogP) is 7.82. The van der Waals surface area contributed by atoms with Crippen molar-refractivity contribution >= 4 is 39.6 Å². The molecule has 8 rings (SSSR count). The zero-order valence-electron chi connectivity index (χ0n) is 35.2. The summed E-state index contributed by atoms with van der Waals surface area (Å²) in [5.41, 5.74) is 1.72. The van der Waals surface area contributed by atoms with Crippen LogP contribution in [-0.2, 0) is 20.6 Å². The molecule has 0 N–H and O–H groups in total. The van der Waals surface area contributed by atoms with E-state index in [1.165, 1.54) is 0 Å². The van der Waals surface area contributed by atoms with Gasteiger partial charge in [0.1, 0.15) is 41.6 Å². The summed E-state index contributed by atoms with van der Waals surface area (Å²) < 4.78 is 46.4. The monoisotopic (exact) mass is 820 g/mol. The molecule has 4 atom stereocenters. The number of aromatic nitrogens is 3. The Morgan fingerprint density at radius 3 is 2.33 bits per heavy atom. The zero-order valence-corrected chi connectivity index (χ0v) is 35.2. The van der Waals surface area contributed by atoms with Gasteiger partial charge < -0.3 is 28.6 Å². The number of anilines is 1. The molecule has 3 fully saturated rings. The average Bonchev–Trinajstić information content (AvgIpc) is 3.73. The van der Waals surface area contributed by atoms with E-state index in [-0.39, 0.29) is 73.5 Å². The van der Waals surface area contributed by atoms with Crippen LogP contribution in [0, 0.1) is 5.82 Å². The molecular formula is C46H53FN6O7. The number of fused-ring (bicyclic) bond motifs is 4. The van der Waals surface area contributed by atoms with Crippen LogP contribution in [0.4, 0.5) is 15.0 Å². The Labute approximate surface area is 349 Å². The number of hydrogen-bond donors (Lipinski definition) is 0. The van der Waals surface area contributed by atoms with Crippen LogP contribution in [0.2, 0.25) is 0 Å². The number of piperazine rings is 1. The average molecular weight is 821 g/mol. The van der Waals surface area contributed by atoms with Crippen molar-refractivity contribution in [2.75, 3.05) is 52.2 Å². The molecule has 3 aliphatic heterocycles. The van der Waals surface area contributed by atoms with Crippen molar-refractivity contribution in [3.63, 3.8) is 0 Å². The Balaban J connectivity index is 1.13. The number of carbonyl (C=O) groups is 2. The maximum absolute atomic E-state index is 17.4. The standard InChI is InChI=1S/C46H53FN6O7/c1-7-28-14-11-15-30-20-35(59-27-56-6)21-36(38(28)30)40-39(47)41-37(22-48-40)42(52-23-31-16-17-32(24-52)53(31)45(55)60-46(2,3)4)50-44(49-41)58-26-34-19-18-33(51(34)5)25-57-43(54)29-12-9-8-10-13-29/h8-15,20-22,31-34H,7,16-19,23-27H2,1-6H3/t31?,32?,33-,34-/m0/s1. The topological polar surface area (TPSA) is 129 Å². The first-order valence-electron chi connectivity index (χ1n) is 20.8. The van der Waals surface area contributed by atoms with Crippen LogP contribution in [0.3, 0.4) is 0 Å². The molecule has 3 aromatic carbocycles. The first kappa shape index (κ1) is 41.1. The first-order valence-corrected chi connectivity index (χ1v) is 20.8. The summed E-state index contributed by atoms with van der Waals surface area (Å²) in [7, 11) is 3.54. The Morgan fingerprint density at radius 1 is 0.900 bits per heavy atom. The maximum atomic E-state index is 17.4. The molecule has 13 nitrogen and oxygen atoms in total. The minimum absolute atomic E-state index is 0.00799. The molecule has 0 spiro atoms. The van der Waals surface area contributed by atoms with Gasteiger partial charge in [-0.3, -0.25) is 14.8 Å². The van der Waals surface area contributed by atoms with Crippen molar-refractivity contribution < 1.29 is 37.7 Å². The van der Waals surface area contributed by atoms with E-state index in [2.05, 4.69) is 16.7 Å². The number of likely N-dealkylation sites (N-methyl/N-ethyl adjacent to an activating group) is 1. The second-order valence-corrected chi connectivity index (χ2v) is 16.9. The lowest BCUT2D eigenvalue weighted by Crippen LogP contribution is -2.57. The van der Waals surface area contributed by atoms with Crippen LogP contribution in [0.5, 0.6) is 11.8 Å². The number of halogens is 1. The molecular weight excluding hydrogens is 768 g/mol. The highest BCUT2D eigenvalue weighted by Crippen LogP contribution is 2.41. The van der Waals surface area contributed by atoms with Crippen LogP contribution in [0.15, 0.2) is 66.9 Å². The van der Waals surface area contributed by atoms with Gasteiger partial charge in [-0.15, -0.1) is 0 Å². The minimum atomic E-state index is -0.623. The summed E-state index contributed by atoms with van der Waals surface area (Å²) >= 11 is 0. The van der Waals surface area contributed by atoms with Crippen molar-refractivity contribution in [3.05, 3.63) is 83.8 Å². The van der Waals surface area contributed by atoms with Crippen LogP contribution >= 0.6 is 0 Å². The Morgan fingerprint density at radius 2 is 1.63 bits per heavy atom. The summed E-state index contributed by atoms with van der Waals surface area (Å²) in [5, 5.41) is 2.21. The van der Waals surface area contributed by atoms with Crippen molar-refractivity contribution in [1.29, 1.82) is 0 Å². The number of carbonyl (C=O) groups excluding carboxylic acids is 2. The van der Waals surface area contributed by atoms with Crippen LogP contribution in [0.25, 0.3) is 32.9 Å². The second-order valence-electron chi connectivity index (χ2n) is 16.9. The number of ether oxygens (including phenoxy) is 5. The number of pyridine rings is 1. The number of esters is 1. The lowest BCUT2D eigenvalue weighted by atomic mass is 9.95. The second kappa shape index (κ2) is 17.2. The fourth-order valence-electron chi connectivity index (χ4n) is 8.87. The van der Waals surface area contributed by atoms with E-state index in [9.17, 15) is 9.59 Å². The molecule has 0 aliphatic carbocycles. The summed E-state index contributed by atoms with van der Waals surface area (Å²) in [6.07, 6.45) is 5.29. The highest BCUT2D eigenvalue weighted by Gasteiger charge is 2.45. The fraction of sp³-hybridized carbons (Fsp3) is 0.457. The smallest absolute Gasteiger partial charge is 0.410 e. The number of nitrogens with zero attached hydrogens (tertiary/aromatic N) is 6. The SMILES string of the molecule is CCc1cccc2cc(OCOC)cc(-c3ncc4c(N5CC6CCC(C5)N6C(=O)OC(C)(C)C)nc(OC[C@@H]5CC[C@@H](COC(=O)c6ccccc6)N5C)nc4c3F)c12. The zero-order chi connectivity index (χ0) is 42.1. The van der Waals surface area contributed by atoms with Gasteiger partial charge in [-0.1, -0.05) is 43.3 Å². The van der Waals surface area contributed by atoms with Gasteiger partial charge in [0.2, 0.25) is 0 Å². The number of benzene rings is 3. The van der Waals surface area contributed by atoms with Gasteiger partial charge in [0, 0.05) is 44.0 Å². The third-order valence-corrected chi connectivity index (χ3v) is 11.9. The van der Waals surface area contributed by atoms with Gasteiger partial charge in [-0.25, -0.2) is 14.0 Å². The number of amides is 1. The van der Waals surface area contributed by atoms with Crippen LogP contribution in [0.1, 0.15) is 69.3 Å². The number of aryl methyl sites for hydroxylation is 1. The van der Waals surface area contributed by atoms with E-state index in [0.29, 0.717) is 41.2 Å². The Bertz CT molecular complexity index is 2360. The predicted molar refractivity (Wildman–Crippen MR) is 226 cm³/mol. The minimum Gasteiger partial charge on any atom is -0.468 e. The van der Waals surface area contributed by atoms with E-state index in [1.54, 1.807) is 31.5 Å². The van der Waals surface area contributed by atoms with Gasteiger partial charge in [-0.05, 0) is 101 Å². The van der Waals surface area contributed by atoms with Crippen LogP contribution in [-0.4, -0.2) is 114 Å². The molecule has 1 amide bonds. The molecule has 2 bridgehead atoms. The highest BCUT2D eigenvalue weighted by molar-refractivity contribution is 6.01. The number of hydrogen-bond acceptors (Lipinski definition) is 12. The third kappa shape index (κ3) is 8.40. The molecule has 5 heterocycles.